The molecule has 1 aromatic rings. The van der Waals surface area contributed by atoms with E-state index in [0.717, 1.165) is 25.7 Å². The lowest BCUT2D eigenvalue weighted by Gasteiger charge is -2.46. The Labute approximate surface area is 135 Å². The van der Waals surface area contributed by atoms with Crippen molar-refractivity contribution in [3.8, 4) is 0 Å². The lowest BCUT2D eigenvalue weighted by molar-refractivity contribution is 0.0783. The molecular formula is C16H25BrFN3. The molecule has 0 radical (unpaired) electrons. The molecule has 0 bridgehead atoms. The fraction of sp³-hybridized carbons (Fsp3) is 0.625. The Morgan fingerprint density at radius 3 is 2.38 bits per heavy atom. The summed E-state index contributed by atoms with van der Waals surface area (Å²) in [6.45, 7) is 0. The molecule has 21 heavy (non-hydrogen) atoms. The van der Waals surface area contributed by atoms with E-state index in [1.54, 1.807) is 6.07 Å². The Hall–Kier alpha value is -0.490. The molecule has 1 aliphatic rings. The zero-order valence-corrected chi connectivity index (χ0v) is 14.4. The molecule has 1 atom stereocenters. The van der Waals surface area contributed by atoms with Gasteiger partial charge in [-0.15, -0.1) is 0 Å². The van der Waals surface area contributed by atoms with E-state index in [9.17, 15) is 4.39 Å². The van der Waals surface area contributed by atoms with Gasteiger partial charge in [-0.1, -0.05) is 37.8 Å². The molecule has 118 valence electrons. The molecule has 1 fully saturated rings. The van der Waals surface area contributed by atoms with Crippen LogP contribution in [0.2, 0.25) is 0 Å². The highest BCUT2D eigenvalue weighted by atomic mass is 79.9. The molecule has 0 amide bonds. The summed E-state index contributed by atoms with van der Waals surface area (Å²) >= 11 is 3.28. The van der Waals surface area contributed by atoms with Crippen molar-refractivity contribution in [3.05, 3.63) is 34.1 Å². The zero-order valence-electron chi connectivity index (χ0n) is 12.8. The van der Waals surface area contributed by atoms with Crippen molar-refractivity contribution in [2.24, 2.45) is 5.84 Å². The number of halogens is 2. The first-order valence-corrected chi connectivity index (χ1v) is 8.39. The highest BCUT2D eigenvalue weighted by Crippen LogP contribution is 2.42. The molecule has 1 saturated carbocycles. The lowest BCUT2D eigenvalue weighted by Crippen LogP contribution is -2.55. The number of likely N-dealkylation sites (N-methyl/N-ethyl adjacent to an activating group) is 1. The smallest absolute Gasteiger partial charge is 0.142 e. The number of hydrazine groups is 1. The fourth-order valence-electron chi connectivity index (χ4n) is 3.61. The molecule has 3 nitrogen and oxygen atoms in total. The van der Waals surface area contributed by atoms with Crippen molar-refractivity contribution in [1.82, 2.24) is 10.3 Å². The van der Waals surface area contributed by atoms with Gasteiger partial charge in [0.1, 0.15) is 5.82 Å². The van der Waals surface area contributed by atoms with Gasteiger partial charge in [0.25, 0.3) is 0 Å². The minimum atomic E-state index is -0.219. The first kappa shape index (κ1) is 16.9. The van der Waals surface area contributed by atoms with Gasteiger partial charge < -0.3 is 4.90 Å². The average Bonchev–Trinajstić information content (AvgIpc) is 2.71. The Kier molecular flexibility index (Phi) is 5.77. The van der Waals surface area contributed by atoms with Gasteiger partial charge in [-0.05, 0) is 48.9 Å². The summed E-state index contributed by atoms with van der Waals surface area (Å²) in [6.07, 6.45) is 6.86. The Bertz CT molecular complexity index is 471. The summed E-state index contributed by atoms with van der Waals surface area (Å²) in [6, 6.07) is 5.21. The number of hydrogen-bond donors (Lipinski definition) is 2. The molecule has 0 aliphatic heterocycles. The van der Waals surface area contributed by atoms with Gasteiger partial charge in [-0.3, -0.25) is 11.3 Å². The molecule has 3 N–H and O–H groups in total. The maximum Gasteiger partial charge on any atom is 0.142 e. The predicted octanol–water partition coefficient (Wildman–Crippen LogP) is 3.75. The summed E-state index contributed by atoms with van der Waals surface area (Å²) in [5.74, 6) is 5.65. The van der Waals surface area contributed by atoms with Gasteiger partial charge in [0, 0.05) is 11.1 Å². The van der Waals surface area contributed by atoms with E-state index < -0.39 is 0 Å². The molecule has 0 saturated heterocycles. The molecule has 5 heteroatoms. The summed E-state index contributed by atoms with van der Waals surface area (Å²) in [4.78, 5) is 2.23. The topological polar surface area (TPSA) is 41.3 Å². The van der Waals surface area contributed by atoms with Crippen LogP contribution < -0.4 is 11.3 Å². The number of nitrogens with one attached hydrogen (secondary N) is 1. The largest absolute Gasteiger partial charge is 0.302 e. The number of nitrogens with two attached hydrogens (primary N) is 1. The van der Waals surface area contributed by atoms with Crippen LogP contribution in [0.1, 0.15) is 50.1 Å². The SMILES string of the molecule is CN(C)C1(C(NN)c2cccc(Br)c2F)CCCCCC1. The predicted molar refractivity (Wildman–Crippen MR) is 88.3 cm³/mol. The van der Waals surface area contributed by atoms with Gasteiger partial charge in [0.2, 0.25) is 0 Å². The van der Waals surface area contributed by atoms with Crippen LogP contribution in [0.5, 0.6) is 0 Å². The van der Waals surface area contributed by atoms with Crippen LogP contribution in [0.4, 0.5) is 4.39 Å². The van der Waals surface area contributed by atoms with Crippen molar-refractivity contribution < 1.29 is 4.39 Å². The maximum atomic E-state index is 14.6. The normalized spacial score (nSPS) is 20.3. The van der Waals surface area contributed by atoms with Crippen LogP contribution in [-0.2, 0) is 0 Å². The van der Waals surface area contributed by atoms with Gasteiger partial charge in [-0.2, -0.15) is 0 Å². The van der Waals surface area contributed by atoms with Crippen molar-refractivity contribution in [3.63, 3.8) is 0 Å². The highest BCUT2D eigenvalue weighted by Gasteiger charge is 2.42. The second kappa shape index (κ2) is 7.18. The first-order chi connectivity index (χ1) is 10.0. The van der Waals surface area contributed by atoms with Gasteiger partial charge in [-0.25, -0.2) is 4.39 Å². The van der Waals surface area contributed by atoms with Crippen molar-refractivity contribution in [2.45, 2.75) is 50.1 Å². The van der Waals surface area contributed by atoms with Crippen LogP contribution in [-0.4, -0.2) is 24.5 Å². The Balaban J connectivity index is 2.47. The van der Waals surface area contributed by atoms with Crippen LogP contribution >= 0.6 is 15.9 Å². The lowest BCUT2D eigenvalue weighted by atomic mass is 9.78. The standard InChI is InChI=1S/C16H25BrFN3/c1-21(2)16(10-5-3-4-6-11-16)15(20-19)12-8-7-9-13(17)14(12)18/h7-9,15,20H,3-6,10-11,19H2,1-2H3. The quantitative estimate of drug-likeness (QED) is 0.489. The third-order valence-corrected chi connectivity index (χ3v) is 5.47. The Morgan fingerprint density at radius 2 is 1.86 bits per heavy atom. The number of hydrogen-bond acceptors (Lipinski definition) is 3. The maximum absolute atomic E-state index is 14.6. The summed E-state index contributed by atoms with van der Waals surface area (Å²) in [7, 11) is 4.15. The molecule has 0 aromatic heterocycles. The molecule has 2 rings (SSSR count). The van der Waals surface area contributed by atoms with E-state index in [4.69, 9.17) is 5.84 Å². The van der Waals surface area contributed by atoms with E-state index in [1.807, 2.05) is 12.1 Å². The number of nitrogens with zero attached hydrogens (tertiary/aromatic N) is 1. The fourth-order valence-corrected chi connectivity index (χ4v) is 3.99. The van der Waals surface area contributed by atoms with Crippen molar-refractivity contribution >= 4 is 15.9 Å². The first-order valence-electron chi connectivity index (χ1n) is 7.60. The third-order valence-electron chi connectivity index (χ3n) is 4.86. The summed E-state index contributed by atoms with van der Waals surface area (Å²) < 4.78 is 15.1. The average molecular weight is 358 g/mol. The number of rotatable bonds is 4. The molecule has 0 heterocycles. The summed E-state index contributed by atoms with van der Waals surface area (Å²) in [5.41, 5.74) is 3.40. The van der Waals surface area contributed by atoms with Crippen LogP contribution in [0.3, 0.4) is 0 Å². The van der Waals surface area contributed by atoms with Crippen LogP contribution in [0.15, 0.2) is 22.7 Å². The van der Waals surface area contributed by atoms with Gasteiger partial charge >= 0.3 is 0 Å². The van der Waals surface area contributed by atoms with E-state index in [1.165, 1.54) is 12.8 Å². The zero-order chi connectivity index (χ0) is 15.5. The minimum absolute atomic E-state index is 0.146. The van der Waals surface area contributed by atoms with E-state index in [2.05, 4.69) is 40.4 Å². The van der Waals surface area contributed by atoms with Crippen molar-refractivity contribution in [1.29, 1.82) is 0 Å². The Morgan fingerprint density at radius 1 is 1.24 bits per heavy atom. The second-order valence-electron chi connectivity index (χ2n) is 6.15. The monoisotopic (exact) mass is 357 g/mol. The minimum Gasteiger partial charge on any atom is -0.302 e. The molecule has 0 spiro atoms. The van der Waals surface area contributed by atoms with Crippen LogP contribution in [0, 0.1) is 5.82 Å². The molecule has 1 unspecified atom stereocenters. The highest BCUT2D eigenvalue weighted by molar-refractivity contribution is 9.10. The summed E-state index contributed by atoms with van der Waals surface area (Å²) in [5, 5.41) is 0. The van der Waals surface area contributed by atoms with Gasteiger partial charge in [0.15, 0.2) is 0 Å². The molecule has 1 aliphatic carbocycles. The van der Waals surface area contributed by atoms with E-state index in [-0.39, 0.29) is 17.4 Å². The van der Waals surface area contributed by atoms with Gasteiger partial charge in [0.05, 0.1) is 10.5 Å². The van der Waals surface area contributed by atoms with Crippen molar-refractivity contribution in [2.75, 3.05) is 14.1 Å². The third kappa shape index (κ3) is 3.31. The van der Waals surface area contributed by atoms with E-state index in [0.29, 0.717) is 10.0 Å². The second-order valence-corrected chi connectivity index (χ2v) is 7.01. The van der Waals surface area contributed by atoms with Crippen LogP contribution in [0.25, 0.3) is 0 Å². The number of benzene rings is 1. The molecule has 1 aromatic carbocycles. The van der Waals surface area contributed by atoms with E-state index >= 15 is 0 Å². The molecular weight excluding hydrogens is 333 g/mol.